The third-order valence-electron chi connectivity index (χ3n) is 2.63. The summed E-state index contributed by atoms with van der Waals surface area (Å²) in [6, 6.07) is 3.37. The van der Waals surface area contributed by atoms with Gasteiger partial charge in [-0.3, -0.25) is 0 Å². The molecular weight excluding hydrogens is 277 g/mol. The van der Waals surface area contributed by atoms with Crippen LogP contribution in [0.4, 0.5) is 18.9 Å². The summed E-state index contributed by atoms with van der Waals surface area (Å²) in [5.41, 5.74) is 5.45. The topological polar surface area (TPSA) is 87.7 Å². The van der Waals surface area contributed by atoms with Crippen molar-refractivity contribution in [3.8, 4) is 5.75 Å². The van der Waals surface area contributed by atoms with E-state index in [-0.39, 0.29) is 17.7 Å². The molecule has 0 aliphatic carbocycles. The highest BCUT2D eigenvalue weighted by Gasteiger charge is 2.33. The van der Waals surface area contributed by atoms with E-state index in [1.54, 1.807) is 7.05 Å². The Morgan fingerprint density at radius 3 is 2.55 bits per heavy atom. The average molecular weight is 294 g/mol. The van der Waals surface area contributed by atoms with E-state index in [1.807, 2.05) is 0 Å². The maximum absolute atomic E-state index is 12.3. The first kappa shape index (κ1) is 16.5. The number of anilines is 1. The lowest BCUT2D eigenvalue weighted by Gasteiger charge is -2.21. The molecule has 0 aromatic heterocycles. The molecule has 0 saturated heterocycles. The van der Waals surface area contributed by atoms with Gasteiger partial charge < -0.3 is 26.0 Å². The molecule has 0 amide bonds. The second-order valence-electron chi connectivity index (χ2n) is 4.25. The number of nitrogens with one attached hydrogen (secondary N) is 1. The van der Waals surface area contributed by atoms with Crippen molar-refractivity contribution in [2.45, 2.75) is 25.0 Å². The standard InChI is InChI=1S/C12H17F3N2O3/c1-17-5-4-9(18)11(19)8-6-7(16)2-3-10(8)20-12(13,14)15/h2-3,6,9,11,17-19H,4-5,16H2,1H3. The van der Waals surface area contributed by atoms with Crippen molar-refractivity contribution in [3.05, 3.63) is 23.8 Å². The minimum Gasteiger partial charge on any atom is -0.405 e. The van der Waals surface area contributed by atoms with Gasteiger partial charge in [0.25, 0.3) is 0 Å². The molecule has 0 heterocycles. The van der Waals surface area contributed by atoms with E-state index < -0.39 is 24.3 Å². The van der Waals surface area contributed by atoms with E-state index in [0.29, 0.717) is 6.54 Å². The average Bonchev–Trinajstić information content (AvgIpc) is 2.35. The summed E-state index contributed by atoms with van der Waals surface area (Å²) in [6.45, 7) is 0.399. The van der Waals surface area contributed by atoms with Gasteiger partial charge in [0.1, 0.15) is 11.9 Å². The predicted molar refractivity (Wildman–Crippen MR) is 67.0 cm³/mol. The number of nitrogen functional groups attached to an aromatic ring is 1. The van der Waals surface area contributed by atoms with Gasteiger partial charge >= 0.3 is 6.36 Å². The van der Waals surface area contributed by atoms with Crippen LogP contribution in [0.15, 0.2) is 18.2 Å². The maximum atomic E-state index is 12.3. The van der Waals surface area contributed by atoms with Gasteiger partial charge in [-0.05, 0) is 38.2 Å². The highest BCUT2D eigenvalue weighted by atomic mass is 19.4. The minimum atomic E-state index is -4.89. The normalized spacial score (nSPS) is 14.9. The second-order valence-corrected chi connectivity index (χ2v) is 4.25. The number of nitrogens with two attached hydrogens (primary N) is 1. The molecule has 0 spiro atoms. The number of aliphatic hydroxyl groups is 2. The molecule has 1 aromatic carbocycles. The highest BCUT2D eigenvalue weighted by molar-refractivity contribution is 5.49. The Balaban J connectivity index is 2.99. The van der Waals surface area contributed by atoms with Gasteiger partial charge in [-0.2, -0.15) is 0 Å². The van der Waals surface area contributed by atoms with Crippen molar-refractivity contribution in [1.82, 2.24) is 5.32 Å². The largest absolute Gasteiger partial charge is 0.573 e. The molecule has 0 saturated carbocycles. The van der Waals surface area contributed by atoms with Crippen LogP contribution in [0, 0.1) is 0 Å². The zero-order chi connectivity index (χ0) is 15.3. The number of aliphatic hydroxyl groups excluding tert-OH is 2. The lowest BCUT2D eigenvalue weighted by molar-refractivity contribution is -0.275. The number of ether oxygens (including phenoxy) is 1. The molecule has 8 heteroatoms. The molecule has 5 nitrogen and oxygen atoms in total. The summed E-state index contributed by atoms with van der Waals surface area (Å²) in [7, 11) is 1.65. The zero-order valence-electron chi connectivity index (χ0n) is 10.8. The van der Waals surface area contributed by atoms with Crippen molar-refractivity contribution < 1.29 is 28.1 Å². The summed E-state index contributed by atoms with van der Waals surface area (Å²) < 4.78 is 40.7. The fourth-order valence-corrected chi connectivity index (χ4v) is 1.67. The molecule has 20 heavy (non-hydrogen) atoms. The van der Waals surface area contributed by atoms with Gasteiger partial charge in [0.15, 0.2) is 0 Å². The van der Waals surface area contributed by atoms with E-state index in [4.69, 9.17) is 5.73 Å². The predicted octanol–water partition coefficient (Wildman–Crippen LogP) is 1.17. The molecule has 0 bridgehead atoms. The summed E-state index contributed by atoms with van der Waals surface area (Å²) >= 11 is 0. The summed E-state index contributed by atoms with van der Waals surface area (Å²) in [5.74, 6) is -0.581. The van der Waals surface area contributed by atoms with E-state index in [2.05, 4.69) is 10.1 Å². The molecular formula is C12H17F3N2O3. The van der Waals surface area contributed by atoms with Crippen molar-refractivity contribution in [1.29, 1.82) is 0 Å². The van der Waals surface area contributed by atoms with E-state index >= 15 is 0 Å². The number of halogens is 3. The lowest BCUT2D eigenvalue weighted by atomic mass is 10.0. The van der Waals surface area contributed by atoms with Crippen LogP contribution in [0.25, 0.3) is 0 Å². The number of benzene rings is 1. The third kappa shape index (κ3) is 4.87. The van der Waals surface area contributed by atoms with Gasteiger partial charge in [-0.25, -0.2) is 0 Å². The molecule has 0 radical (unpaired) electrons. The molecule has 0 fully saturated rings. The van der Waals surface area contributed by atoms with Crippen LogP contribution in [0.2, 0.25) is 0 Å². The molecule has 1 rings (SSSR count). The minimum absolute atomic E-state index is 0.161. The van der Waals surface area contributed by atoms with Gasteiger partial charge in [0.05, 0.1) is 6.10 Å². The number of rotatable bonds is 6. The summed E-state index contributed by atoms with van der Waals surface area (Å²) in [4.78, 5) is 0. The summed E-state index contributed by atoms with van der Waals surface area (Å²) in [6.07, 6.45) is -7.48. The third-order valence-corrected chi connectivity index (χ3v) is 2.63. The van der Waals surface area contributed by atoms with E-state index in [1.165, 1.54) is 6.07 Å². The van der Waals surface area contributed by atoms with Crippen LogP contribution in [-0.2, 0) is 0 Å². The quantitative estimate of drug-likeness (QED) is 0.592. The van der Waals surface area contributed by atoms with Crippen LogP contribution < -0.4 is 15.8 Å². The van der Waals surface area contributed by atoms with Crippen molar-refractivity contribution >= 4 is 5.69 Å². The first-order valence-electron chi connectivity index (χ1n) is 5.90. The Morgan fingerprint density at radius 2 is 2.00 bits per heavy atom. The smallest absolute Gasteiger partial charge is 0.405 e. The van der Waals surface area contributed by atoms with Crippen LogP contribution in [-0.4, -0.2) is 36.3 Å². The van der Waals surface area contributed by atoms with Gasteiger partial charge in [-0.15, -0.1) is 13.2 Å². The first-order valence-corrected chi connectivity index (χ1v) is 5.90. The van der Waals surface area contributed by atoms with Crippen LogP contribution in [0.3, 0.4) is 0 Å². The second kappa shape index (κ2) is 6.78. The van der Waals surface area contributed by atoms with Gasteiger partial charge in [0.2, 0.25) is 0 Å². The fraction of sp³-hybridized carbons (Fsp3) is 0.500. The molecule has 114 valence electrons. The monoisotopic (exact) mass is 294 g/mol. The van der Waals surface area contributed by atoms with Crippen molar-refractivity contribution in [2.24, 2.45) is 0 Å². The van der Waals surface area contributed by atoms with E-state index in [0.717, 1.165) is 12.1 Å². The van der Waals surface area contributed by atoms with Crippen LogP contribution >= 0.6 is 0 Å². The lowest BCUT2D eigenvalue weighted by Crippen LogP contribution is -2.25. The van der Waals surface area contributed by atoms with Gasteiger partial charge in [0, 0.05) is 11.3 Å². The van der Waals surface area contributed by atoms with Crippen molar-refractivity contribution in [3.63, 3.8) is 0 Å². The first-order chi connectivity index (χ1) is 9.24. The number of hydrogen-bond acceptors (Lipinski definition) is 5. The van der Waals surface area contributed by atoms with Crippen molar-refractivity contribution in [2.75, 3.05) is 19.3 Å². The maximum Gasteiger partial charge on any atom is 0.573 e. The number of alkyl halides is 3. The molecule has 5 N–H and O–H groups in total. The fourth-order valence-electron chi connectivity index (χ4n) is 1.67. The number of hydrogen-bond donors (Lipinski definition) is 4. The Bertz CT molecular complexity index is 440. The zero-order valence-corrected chi connectivity index (χ0v) is 10.8. The molecule has 2 atom stereocenters. The molecule has 1 aromatic rings. The van der Waals surface area contributed by atoms with E-state index in [9.17, 15) is 23.4 Å². The molecule has 2 unspecified atom stereocenters. The van der Waals surface area contributed by atoms with Crippen LogP contribution in [0.5, 0.6) is 5.75 Å². The summed E-state index contributed by atoms with van der Waals surface area (Å²) in [5, 5.41) is 22.4. The Morgan fingerprint density at radius 1 is 1.35 bits per heavy atom. The Labute approximate surface area is 114 Å². The Kier molecular flexibility index (Phi) is 5.61. The molecule has 0 aliphatic rings. The van der Waals surface area contributed by atoms with Gasteiger partial charge in [-0.1, -0.05) is 0 Å². The van der Waals surface area contributed by atoms with Crippen LogP contribution in [0.1, 0.15) is 18.1 Å². The SMILES string of the molecule is CNCCC(O)C(O)c1cc(N)ccc1OC(F)(F)F. The molecule has 0 aliphatic heterocycles. The highest BCUT2D eigenvalue weighted by Crippen LogP contribution is 2.33. The Hall–Kier alpha value is -1.51.